The molecule has 0 radical (unpaired) electrons. The number of carbonyl (C=O) groups excluding carboxylic acids is 2. The summed E-state index contributed by atoms with van der Waals surface area (Å²) in [7, 11) is 0. The van der Waals surface area contributed by atoms with E-state index in [0.29, 0.717) is 25.9 Å². The van der Waals surface area contributed by atoms with Gasteiger partial charge in [-0.1, -0.05) is 31.4 Å². The van der Waals surface area contributed by atoms with Crippen molar-refractivity contribution in [2.24, 2.45) is 5.92 Å². The van der Waals surface area contributed by atoms with E-state index in [1.807, 2.05) is 0 Å². The number of hydrogen-bond acceptors (Lipinski definition) is 2. The van der Waals surface area contributed by atoms with Crippen molar-refractivity contribution in [3.8, 4) is 0 Å². The van der Waals surface area contributed by atoms with Crippen LogP contribution in [-0.4, -0.2) is 35.8 Å². The van der Waals surface area contributed by atoms with E-state index in [9.17, 15) is 14.0 Å². The summed E-state index contributed by atoms with van der Waals surface area (Å²) in [5.74, 6) is 0.0857. The molecule has 2 amide bonds. The Labute approximate surface area is 142 Å². The highest BCUT2D eigenvalue weighted by atomic mass is 19.1. The Kier molecular flexibility index (Phi) is 5.48. The molecule has 1 heterocycles. The van der Waals surface area contributed by atoms with Crippen LogP contribution in [0.5, 0.6) is 0 Å². The number of hydrogen-bond donors (Lipinski definition) is 1. The third kappa shape index (κ3) is 4.34. The number of rotatable bonds is 5. The summed E-state index contributed by atoms with van der Waals surface area (Å²) >= 11 is 0. The maximum atomic E-state index is 12.9. The van der Waals surface area contributed by atoms with E-state index in [1.165, 1.54) is 18.6 Å². The van der Waals surface area contributed by atoms with Gasteiger partial charge in [0.25, 0.3) is 0 Å². The normalized spacial score (nSPS) is 22.0. The second-order valence-electron chi connectivity index (χ2n) is 6.96. The van der Waals surface area contributed by atoms with Crippen LogP contribution in [0.15, 0.2) is 24.3 Å². The first-order valence-electron chi connectivity index (χ1n) is 8.94. The van der Waals surface area contributed by atoms with E-state index in [0.717, 1.165) is 31.2 Å². The highest BCUT2D eigenvalue weighted by Crippen LogP contribution is 2.24. The maximum absolute atomic E-state index is 12.9. The molecule has 2 aliphatic rings. The van der Waals surface area contributed by atoms with Gasteiger partial charge in [-0.15, -0.1) is 0 Å². The fourth-order valence-electron chi connectivity index (χ4n) is 3.68. The Morgan fingerprint density at radius 2 is 1.88 bits per heavy atom. The van der Waals surface area contributed by atoms with Gasteiger partial charge in [0.2, 0.25) is 11.8 Å². The Morgan fingerprint density at radius 3 is 2.58 bits per heavy atom. The van der Waals surface area contributed by atoms with Crippen molar-refractivity contribution in [2.75, 3.05) is 13.1 Å². The molecular formula is C19H25FN2O2. The van der Waals surface area contributed by atoms with Crippen molar-refractivity contribution in [2.45, 2.75) is 51.0 Å². The first-order valence-corrected chi connectivity index (χ1v) is 8.94. The number of amides is 2. The largest absolute Gasteiger partial charge is 0.351 e. The van der Waals surface area contributed by atoms with Gasteiger partial charge < -0.3 is 10.2 Å². The van der Waals surface area contributed by atoms with Crippen molar-refractivity contribution < 1.29 is 14.0 Å². The van der Waals surface area contributed by atoms with Crippen molar-refractivity contribution in [3.05, 3.63) is 35.6 Å². The first kappa shape index (κ1) is 16.9. The van der Waals surface area contributed by atoms with E-state index < -0.39 is 0 Å². The third-order valence-electron chi connectivity index (χ3n) is 5.12. The summed E-state index contributed by atoms with van der Waals surface area (Å²) in [6.45, 7) is 1.19. The van der Waals surface area contributed by atoms with E-state index in [4.69, 9.17) is 0 Å². The lowest BCUT2D eigenvalue weighted by Gasteiger charge is -2.23. The maximum Gasteiger partial charge on any atom is 0.224 e. The Bertz CT molecular complexity index is 582. The van der Waals surface area contributed by atoms with Crippen LogP contribution >= 0.6 is 0 Å². The smallest absolute Gasteiger partial charge is 0.224 e. The topological polar surface area (TPSA) is 49.4 Å². The Morgan fingerprint density at radius 1 is 1.17 bits per heavy atom. The number of halogens is 1. The second-order valence-corrected chi connectivity index (χ2v) is 6.96. The van der Waals surface area contributed by atoms with Gasteiger partial charge in [-0.2, -0.15) is 0 Å². The third-order valence-corrected chi connectivity index (χ3v) is 5.12. The van der Waals surface area contributed by atoms with Crippen molar-refractivity contribution in [1.82, 2.24) is 10.2 Å². The summed E-state index contributed by atoms with van der Waals surface area (Å²) in [5, 5.41) is 3.06. The SMILES string of the molecule is O=C(N[C@@H]1CC(=O)N(CCc2ccc(F)cc2)C1)C1CCCCC1. The average molecular weight is 332 g/mol. The summed E-state index contributed by atoms with van der Waals surface area (Å²) < 4.78 is 12.9. The molecule has 3 rings (SSSR count). The van der Waals surface area contributed by atoms with Gasteiger partial charge in [-0.3, -0.25) is 9.59 Å². The molecule has 0 aromatic heterocycles. The molecule has 1 aromatic carbocycles. The molecule has 4 nitrogen and oxygen atoms in total. The standard InChI is InChI=1S/C19H25FN2O2/c20-16-8-6-14(7-9-16)10-11-22-13-17(12-18(22)23)21-19(24)15-4-2-1-3-5-15/h6-9,15,17H,1-5,10-13H2,(H,21,24)/t17-/m1/s1. The minimum Gasteiger partial charge on any atom is -0.351 e. The van der Waals surface area contributed by atoms with Gasteiger partial charge in [0.1, 0.15) is 5.82 Å². The molecule has 130 valence electrons. The predicted molar refractivity (Wildman–Crippen MR) is 89.8 cm³/mol. The molecule has 1 aliphatic heterocycles. The highest BCUT2D eigenvalue weighted by Gasteiger charge is 2.32. The monoisotopic (exact) mass is 332 g/mol. The number of likely N-dealkylation sites (tertiary alicyclic amines) is 1. The van der Waals surface area contributed by atoms with Crippen molar-refractivity contribution >= 4 is 11.8 Å². The molecule has 5 heteroatoms. The molecular weight excluding hydrogens is 307 g/mol. The summed E-state index contributed by atoms with van der Waals surface area (Å²) in [5.41, 5.74) is 1.01. The van der Waals surface area contributed by atoms with Crippen LogP contribution in [0.4, 0.5) is 4.39 Å². The van der Waals surface area contributed by atoms with E-state index >= 15 is 0 Å². The fourth-order valence-corrected chi connectivity index (χ4v) is 3.68. The number of nitrogens with zero attached hydrogens (tertiary/aromatic N) is 1. The number of carbonyl (C=O) groups is 2. The molecule has 1 aromatic rings. The van der Waals surface area contributed by atoms with Crippen LogP contribution in [0.2, 0.25) is 0 Å². The van der Waals surface area contributed by atoms with Gasteiger partial charge >= 0.3 is 0 Å². The summed E-state index contributed by atoms with van der Waals surface area (Å²) in [4.78, 5) is 26.2. The van der Waals surface area contributed by atoms with E-state index in [-0.39, 0.29) is 29.6 Å². The van der Waals surface area contributed by atoms with Crippen LogP contribution in [0, 0.1) is 11.7 Å². The quantitative estimate of drug-likeness (QED) is 0.901. The molecule has 2 fully saturated rings. The van der Waals surface area contributed by atoms with Crippen molar-refractivity contribution in [3.63, 3.8) is 0 Å². The molecule has 1 atom stereocenters. The van der Waals surface area contributed by atoms with E-state index in [2.05, 4.69) is 5.32 Å². The number of nitrogens with one attached hydrogen (secondary N) is 1. The summed E-state index contributed by atoms with van der Waals surface area (Å²) in [6.07, 6.45) is 6.53. The van der Waals surface area contributed by atoms with Crippen LogP contribution in [0.25, 0.3) is 0 Å². The molecule has 1 saturated carbocycles. The minimum absolute atomic E-state index is 0.0693. The molecule has 1 aliphatic carbocycles. The minimum atomic E-state index is -0.249. The van der Waals surface area contributed by atoms with Gasteiger partial charge in [-0.25, -0.2) is 4.39 Å². The van der Waals surface area contributed by atoms with Gasteiger partial charge in [0, 0.05) is 25.4 Å². The molecule has 24 heavy (non-hydrogen) atoms. The second kappa shape index (κ2) is 7.77. The lowest BCUT2D eigenvalue weighted by Crippen LogP contribution is -2.41. The van der Waals surface area contributed by atoms with Gasteiger partial charge in [0.15, 0.2) is 0 Å². The van der Waals surface area contributed by atoms with Crippen LogP contribution in [0.1, 0.15) is 44.1 Å². The molecule has 0 unspecified atom stereocenters. The zero-order chi connectivity index (χ0) is 16.9. The van der Waals surface area contributed by atoms with Crippen LogP contribution < -0.4 is 5.32 Å². The molecule has 0 bridgehead atoms. The fraction of sp³-hybridized carbons (Fsp3) is 0.579. The number of benzene rings is 1. The van der Waals surface area contributed by atoms with Crippen molar-refractivity contribution in [1.29, 1.82) is 0 Å². The predicted octanol–water partition coefficient (Wildman–Crippen LogP) is 2.67. The molecule has 0 spiro atoms. The van der Waals surface area contributed by atoms with Crippen LogP contribution in [0.3, 0.4) is 0 Å². The Balaban J connectivity index is 1.46. The van der Waals surface area contributed by atoms with Gasteiger partial charge in [-0.05, 0) is 37.0 Å². The van der Waals surface area contributed by atoms with Gasteiger partial charge in [0.05, 0.1) is 6.04 Å². The lowest BCUT2D eigenvalue weighted by molar-refractivity contribution is -0.127. The first-order chi connectivity index (χ1) is 11.6. The van der Waals surface area contributed by atoms with Crippen LogP contribution in [-0.2, 0) is 16.0 Å². The Hall–Kier alpha value is -1.91. The molecule has 1 N–H and O–H groups in total. The average Bonchev–Trinajstić information content (AvgIpc) is 2.94. The zero-order valence-corrected chi connectivity index (χ0v) is 14.0. The highest BCUT2D eigenvalue weighted by molar-refractivity contribution is 5.83. The molecule has 1 saturated heterocycles. The lowest BCUT2D eigenvalue weighted by atomic mass is 9.88. The summed E-state index contributed by atoms with van der Waals surface area (Å²) in [6, 6.07) is 6.30. The van der Waals surface area contributed by atoms with E-state index in [1.54, 1.807) is 17.0 Å². The zero-order valence-electron chi connectivity index (χ0n) is 14.0.